The molecule has 1 aliphatic rings. The molecule has 0 aromatic rings. The van der Waals surface area contributed by atoms with Crippen molar-refractivity contribution in [1.82, 2.24) is 4.90 Å². The third-order valence-corrected chi connectivity index (χ3v) is 3.32. The minimum Gasteiger partial charge on any atom is -0.332 e. The lowest BCUT2D eigenvalue weighted by atomic mass is 9.85. The number of carbonyl (C=O) groups excluding carboxylic acids is 1. The third kappa shape index (κ3) is 2.51. The Balaban J connectivity index is 2.52. The van der Waals surface area contributed by atoms with E-state index in [0.717, 1.165) is 19.5 Å². The second-order valence-corrected chi connectivity index (χ2v) is 4.18. The van der Waals surface area contributed by atoms with E-state index in [2.05, 4.69) is 19.8 Å². The molecule has 2 unspecified atom stereocenters. The van der Waals surface area contributed by atoms with Crippen molar-refractivity contribution in [3.05, 3.63) is 0 Å². The first-order valence-electron chi connectivity index (χ1n) is 5.44. The van der Waals surface area contributed by atoms with Crippen LogP contribution in [0.5, 0.6) is 0 Å². The minimum atomic E-state index is -0.141. The Morgan fingerprint density at radius 3 is 3.00 bits per heavy atom. The second kappa shape index (κ2) is 5.05. The molecule has 2 atom stereocenters. The highest BCUT2D eigenvalue weighted by molar-refractivity contribution is 5.92. The summed E-state index contributed by atoms with van der Waals surface area (Å²) in [6.45, 7) is 6.16. The van der Waals surface area contributed by atoms with E-state index >= 15 is 0 Å². The molecule has 0 N–H and O–H groups in total. The molecule has 2 heteroatoms. The van der Waals surface area contributed by atoms with Gasteiger partial charge in [0.25, 0.3) is 5.91 Å². The molecule has 0 aromatic heterocycles. The van der Waals surface area contributed by atoms with E-state index in [0.29, 0.717) is 11.8 Å². The maximum Gasteiger partial charge on any atom is 0.298 e. The van der Waals surface area contributed by atoms with Crippen molar-refractivity contribution in [3.8, 4) is 12.3 Å². The Morgan fingerprint density at radius 2 is 2.43 bits per heavy atom. The zero-order valence-corrected chi connectivity index (χ0v) is 9.12. The van der Waals surface area contributed by atoms with Gasteiger partial charge in [-0.1, -0.05) is 20.3 Å². The van der Waals surface area contributed by atoms with Gasteiger partial charge in [0.15, 0.2) is 0 Å². The van der Waals surface area contributed by atoms with E-state index in [1.54, 1.807) is 0 Å². The van der Waals surface area contributed by atoms with Crippen molar-refractivity contribution in [1.29, 1.82) is 0 Å². The molecule has 1 amide bonds. The summed E-state index contributed by atoms with van der Waals surface area (Å²) in [4.78, 5) is 13.1. The fourth-order valence-corrected chi connectivity index (χ4v) is 2.08. The molecule has 1 rings (SSSR count). The summed E-state index contributed by atoms with van der Waals surface area (Å²) in [6.07, 6.45) is 8.64. The lowest BCUT2D eigenvalue weighted by Gasteiger charge is -2.34. The van der Waals surface area contributed by atoms with Crippen LogP contribution in [0.3, 0.4) is 0 Å². The fourth-order valence-electron chi connectivity index (χ4n) is 2.08. The zero-order valence-electron chi connectivity index (χ0n) is 9.12. The molecule has 1 saturated heterocycles. The van der Waals surface area contributed by atoms with Crippen LogP contribution < -0.4 is 0 Å². The smallest absolute Gasteiger partial charge is 0.298 e. The highest BCUT2D eigenvalue weighted by atomic mass is 16.2. The van der Waals surface area contributed by atoms with E-state index in [1.807, 2.05) is 4.90 Å². The molecule has 0 aromatic carbocycles. The van der Waals surface area contributed by atoms with Gasteiger partial charge >= 0.3 is 0 Å². The number of hydrogen-bond donors (Lipinski definition) is 0. The molecule has 0 aliphatic carbocycles. The van der Waals surface area contributed by atoms with Crippen molar-refractivity contribution in [2.45, 2.75) is 33.1 Å². The summed E-state index contributed by atoms with van der Waals surface area (Å²) >= 11 is 0. The average Bonchev–Trinajstić information content (AvgIpc) is 2.27. The number of hydrogen-bond acceptors (Lipinski definition) is 1. The Bertz CT molecular complexity index is 241. The van der Waals surface area contributed by atoms with Crippen LogP contribution in [-0.4, -0.2) is 23.9 Å². The SMILES string of the molecule is C#CC(=O)N1CCCC(C(C)CC)C1. The highest BCUT2D eigenvalue weighted by Crippen LogP contribution is 2.25. The van der Waals surface area contributed by atoms with Crippen LogP contribution in [0, 0.1) is 24.2 Å². The molecule has 1 fully saturated rings. The minimum absolute atomic E-state index is 0.141. The largest absolute Gasteiger partial charge is 0.332 e. The summed E-state index contributed by atoms with van der Waals surface area (Å²) in [5.74, 6) is 3.40. The predicted molar refractivity (Wildman–Crippen MR) is 57.6 cm³/mol. The lowest BCUT2D eigenvalue weighted by molar-refractivity contribution is -0.127. The summed E-state index contributed by atoms with van der Waals surface area (Å²) < 4.78 is 0. The van der Waals surface area contributed by atoms with Crippen LogP contribution in [0.2, 0.25) is 0 Å². The molecule has 0 saturated carbocycles. The van der Waals surface area contributed by atoms with Crippen LogP contribution in [0.1, 0.15) is 33.1 Å². The molecule has 0 bridgehead atoms. The molecule has 14 heavy (non-hydrogen) atoms. The second-order valence-electron chi connectivity index (χ2n) is 4.18. The Labute approximate surface area is 86.7 Å². The van der Waals surface area contributed by atoms with Crippen molar-refractivity contribution < 1.29 is 4.79 Å². The number of piperidine rings is 1. The van der Waals surface area contributed by atoms with Crippen LogP contribution in [0.15, 0.2) is 0 Å². The summed E-state index contributed by atoms with van der Waals surface area (Å²) in [6, 6.07) is 0. The van der Waals surface area contributed by atoms with E-state index in [-0.39, 0.29) is 5.91 Å². The molecule has 78 valence electrons. The first-order valence-corrected chi connectivity index (χ1v) is 5.44. The van der Waals surface area contributed by atoms with Gasteiger partial charge in [0.05, 0.1) is 0 Å². The summed E-state index contributed by atoms with van der Waals surface area (Å²) in [5.41, 5.74) is 0. The van der Waals surface area contributed by atoms with Gasteiger partial charge in [-0.05, 0) is 30.6 Å². The molecule has 0 radical (unpaired) electrons. The lowest BCUT2D eigenvalue weighted by Crippen LogP contribution is -2.41. The van der Waals surface area contributed by atoms with Gasteiger partial charge in [-0.3, -0.25) is 4.79 Å². The number of carbonyl (C=O) groups is 1. The zero-order chi connectivity index (χ0) is 10.6. The number of amides is 1. The standard InChI is InChI=1S/C12H19NO/c1-4-10(3)11-7-6-8-13(9-11)12(14)5-2/h2,10-11H,4,6-9H2,1,3H3. The topological polar surface area (TPSA) is 20.3 Å². The van der Waals surface area contributed by atoms with Crippen molar-refractivity contribution in [3.63, 3.8) is 0 Å². The first-order chi connectivity index (χ1) is 6.69. The van der Waals surface area contributed by atoms with Gasteiger partial charge in [-0.25, -0.2) is 0 Å². The maximum atomic E-state index is 11.3. The molecule has 1 heterocycles. The summed E-state index contributed by atoms with van der Waals surface area (Å²) in [5, 5.41) is 0. The van der Waals surface area contributed by atoms with E-state index in [9.17, 15) is 4.79 Å². The number of rotatable bonds is 2. The van der Waals surface area contributed by atoms with Gasteiger partial charge < -0.3 is 4.90 Å². The fraction of sp³-hybridized carbons (Fsp3) is 0.750. The van der Waals surface area contributed by atoms with Crippen molar-refractivity contribution >= 4 is 5.91 Å². The Morgan fingerprint density at radius 1 is 1.71 bits per heavy atom. The first kappa shape index (κ1) is 11.1. The van der Waals surface area contributed by atoms with Gasteiger partial charge in [-0.15, -0.1) is 6.42 Å². The number of likely N-dealkylation sites (tertiary alicyclic amines) is 1. The normalized spacial score (nSPS) is 24.1. The molecule has 1 aliphatic heterocycles. The molecular weight excluding hydrogens is 174 g/mol. The Kier molecular flexibility index (Phi) is 4.00. The van der Waals surface area contributed by atoms with Gasteiger partial charge in [-0.2, -0.15) is 0 Å². The van der Waals surface area contributed by atoms with Crippen molar-refractivity contribution in [2.24, 2.45) is 11.8 Å². The van der Waals surface area contributed by atoms with E-state index in [4.69, 9.17) is 6.42 Å². The molecule has 0 spiro atoms. The Hall–Kier alpha value is -0.970. The van der Waals surface area contributed by atoms with Crippen LogP contribution in [0.25, 0.3) is 0 Å². The molecule has 2 nitrogen and oxygen atoms in total. The quantitative estimate of drug-likeness (QED) is 0.613. The van der Waals surface area contributed by atoms with E-state index in [1.165, 1.54) is 12.8 Å². The number of nitrogens with zero attached hydrogens (tertiary/aromatic N) is 1. The van der Waals surface area contributed by atoms with Gasteiger partial charge in [0, 0.05) is 13.1 Å². The highest BCUT2D eigenvalue weighted by Gasteiger charge is 2.25. The third-order valence-electron chi connectivity index (χ3n) is 3.32. The summed E-state index contributed by atoms with van der Waals surface area (Å²) in [7, 11) is 0. The predicted octanol–water partition coefficient (Wildman–Crippen LogP) is 1.90. The van der Waals surface area contributed by atoms with Gasteiger partial charge in [0.2, 0.25) is 0 Å². The van der Waals surface area contributed by atoms with Crippen molar-refractivity contribution in [2.75, 3.05) is 13.1 Å². The van der Waals surface area contributed by atoms with Crippen LogP contribution >= 0.6 is 0 Å². The van der Waals surface area contributed by atoms with E-state index < -0.39 is 0 Å². The van der Waals surface area contributed by atoms with Gasteiger partial charge in [0.1, 0.15) is 0 Å². The maximum absolute atomic E-state index is 11.3. The number of terminal acetylenes is 1. The van der Waals surface area contributed by atoms with Crippen LogP contribution in [0.4, 0.5) is 0 Å². The average molecular weight is 193 g/mol. The molecular formula is C12H19NO. The van der Waals surface area contributed by atoms with Crippen LogP contribution in [-0.2, 0) is 4.79 Å². The monoisotopic (exact) mass is 193 g/mol.